The summed E-state index contributed by atoms with van der Waals surface area (Å²) in [5.74, 6) is -1.63. The van der Waals surface area contributed by atoms with Crippen LogP contribution in [-0.4, -0.2) is 31.3 Å². The van der Waals surface area contributed by atoms with Crippen LogP contribution in [0.3, 0.4) is 0 Å². The molecule has 0 atom stereocenters. The van der Waals surface area contributed by atoms with Gasteiger partial charge in [0.2, 0.25) is 0 Å². The zero-order valence-corrected chi connectivity index (χ0v) is 9.39. The van der Waals surface area contributed by atoms with Gasteiger partial charge in [-0.3, -0.25) is 0 Å². The fourth-order valence-electron chi connectivity index (χ4n) is 1.88. The van der Waals surface area contributed by atoms with Crippen LogP contribution >= 0.6 is 0 Å². The summed E-state index contributed by atoms with van der Waals surface area (Å²) in [6.45, 7) is -0.274. The molecule has 2 aliphatic rings. The summed E-state index contributed by atoms with van der Waals surface area (Å²) in [5, 5.41) is 0. The van der Waals surface area contributed by atoms with Crippen LogP contribution in [-0.2, 0) is 14.3 Å². The second-order valence-corrected chi connectivity index (χ2v) is 4.00. The number of rotatable bonds is 1. The Morgan fingerprint density at radius 1 is 1.05 bits per heavy atom. The molecule has 0 bridgehead atoms. The minimum absolute atomic E-state index is 0.0975. The van der Waals surface area contributed by atoms with Crippen LogP contribution in [0, 0.1) is 0 Å². The molecule has 1 fully saturated rings. The Labute approximate surface area is 105 Å². The number of halogens is 2. The van der Waals surface area contributed by atoms with E-state index in [9.17, 15) is 18.4 Å². The summed E-state index contributed by atoms with van der Waals surface area (Å²) < 4.78 is 38.6. The molecule has 1 saturated heterocycles. The van der Waals surface area contributed by atoms with Gasteiger partial charge >= 0.3 is 18.2 Å². The molecule has 6 nitrogen and oxygen atoms in total. The maximum Gasteiger partial charge on any atom is 0.586 e. The summed E-state index contributed by atoms with van der Waals surface area (Å²) in [7, 11) is 0. The third kappa shape index (κ3) is 2.16. The molecule has 0 unspecified atom stereocenters. The van der Waals surface area contributed by atoms with Crippen molar-refractivity contribution in [3.63, 3.8) is 0 Å². The van der Waals surface area contributed by atoms with Crippen molar-refractivity contribution in [2.45, 2.75) is 6.29 Å². The first-order valence-electron chi connectivity index (χ1n) is 5.31. The molecular weight excluding hydrogens is 264 g/mol. The molecule has 0 radical (unpaired) electrons. The van der Waals surface area contributed by atoms with Gasteiger partial charge in [-0.1, -0.05) is 0 Å². The lowest BCUT2D eigenvalue weighted by atomic mass is 10.2. The van der Waals surface area contributed by atoms with E-state index in [0.717, 1.165) is 0 Å². The average molecular weight is 271 g/mol. The first-order chi connectivity index (χ1) is 8.93. The van der Waals surface area contributed by atoms with Crippen molar-refractivity contribution in [3.05, 3.63) is 18.2 Å². The second-order valence-electron chi connectivity index (χ2n) is 4.00. The van der Waals surface area contributed by atoms with Crippen LogP contribution in [0.5, 0.6) is 11.5 Å². The number of carbonyl (C=O) groups is 2. The Balaban J connectivity index is 1.88. The van der Waals surface area contributed by atoms with E-state index in [-0.39, 0.29) is 24.6 Å². The van der Waals surface area contributed by atoms with E-state index >= 15 is 0 Å². The van der Waals surface area contributed by atoms with E-state index < -0.39 is 18.2 Å². The Bertz CT molecular complexity index is 558. The van der Waals surface area contributed by atoms with Crippen molar-refractivity contribution in [2.24, 2.45) is 0 Å². The molecule has 0 amide bonds. The number of hydrogen-bond donors (Lipinski definition) is 0. The predicted octanol–water partition coefficient (Wildman–Crippen LogP) is 0.898. The number of carbonyl (C=O) groups excluding carboxylic acids is 2. The van der Waals surface area contributed by atoms with Crippen molar-refractivity contribution < 1.29 is 32.6 Å². The van der Waals surface area contributed by atoms with Crippen LogP contribution in [0.1, 0.15) is 0 Å². The molecule has 0 spiro atoms. The van der Waals surface area contributed by atoms with E-state index in [2.05, 4.69) is 14.2 Å². The third-order valence-electron chi connectivity index (χ3n) is 2.62. The molecule has 19 heavy (non-hydrogen) atoms. The fraction of sp³-hybridized carbons (Fsp3) is 0.273. The number of fused-ring (bicyclic) bond motifs is 1. The molecule has 1 aromatic rings. The molecule has 0 N–H and O–H groups in total. The molecule has 0 aromatic heterocycles. The van der Waals surface area contributed by atoms with Crippen LogP contribution in [0.25, 0.3) is 0 Å². The van der Waals surface area contributed by atoms with Crippen molar-refractivity contribution in [1.82, 2.24) is 0 Å². The number of esters is 2. The van der Waals surface area contributed by atoms with Gasteiger partial charge in [0.15, 0.2) is 11.5 Å². The van der Waals surface area contributed by atoms with Gasteiger partial charge in [0.1, 0.15) is 13.1 Å². The van der Waals surface area contributed by atoms with Crippen molar-refractivity contribution in [2.75, 3.05) is 18.0 Å². The summed E-state index contributed by atoms with van der Waals surface area (Å²) in [6.07, 6.45) is -3.70. The fourth-order valence-corrected chi connectivity index (χ4v) is 1.88. The zero-order chi connectivity index (χ0) is 13.6. The Morgan fingerprint density at radius 3 is 2.37 bits per heavy atom. The highest BCUT2D eigenvalue weighted by molar-refractivity contribution is 5.94. The smallest absolute Gasteiger partial charge is 0.395 e. The van der Waals surface area contributed by atoms with E-state index in [0.29, 0.717) is 5.69 Å². The summed E-state index contributed by atoms with van der Waals surface area (Å²) in [6, 6.07) is 4.02. The van der Waals surface area contributed by atoms with Gasteiger partial charge in [0.25, 0.3) is 0 Å². The summed E-state index contributed by atoms with van der Waals surface area (Å²) >= 11 is 0. The molecule has 100 valence electrons. The standard InChI is InChI=1S/C11H7F2NO5/c12-11(13)18-7-2-1-6(3-8(7)19-11)14-4-9(15)17-10(16)5-14/h1-3H,4-5H2. The van der Waals surface area contributed by atoms with E-state index in [1.165, 1.54) is 23.1 Å². The largest absolute Gasteiger partial charge is 0.586 e. The SMILES string of the molecule is O=C1CN(c2ccc3c(c2)OC(F)(F)O3)CC(=O)O1. The van der Waals surface area contributed by atoms with Gasteiger partial charge in [-0.15, -0.1) is 8.78 Å². The lowest BCUT2D eigenvalue weighted by Gasteiger charge is -2.26. The van der Waals surface area contributed by atoms with Gasteiger partial charge in [-0.2, -0.15) is 0 Å². The van der Waals surface area contributed by atoms with Crippen molar-refractivity contribution in [3.8, 4) is 11.5 Å². The number of cyclic esters (lactones) is 2. The maximum absolute atomic E-state index is 12.8. The maximum atomic E-state index is 12.8. The van der Waals surface area contributed by atoms with Crippen LogP contribution in [0.2, 0.25) is 0 Å². The van der Waals surface area contributed by atoms with Gasteiger partial charge < -0.3 is 19.1 Å². The Morgan fingerprint density at radius 2 is 1.68 bits per heavy atom. The van der Waals surface area contributed by atoms with Gasteiger partial charge in [0.05, 0.1) is 0 Å². The van der Waals surface area contributed by atoms with Crippen molar-refractivity contribution >= 4 is 17.6 Å². The average Bonchev–Trinajstić information content (AvgIpc) is 2.60. The molecule has 3 rings (SSSR count). The third-order valence-corrected chi connectivity index (χ3v) is 2.62. The van der Waals surface area contributed by atoms with Crippen molar-refractivity contribution in [1.29, 1.82) is 0 Å². The quantitative estimate of drug-likeness (QED) is 0.558. The van der Waals surface area contributed by atoms with Gasteiger partial charge in [0, 0.05) is 11.8 Å². The number of hydrogen-bond acceptors (Lipinski definition) is 6. The summed E-state index contributed by atoms with van der Waals surface area (Å²) in [5.41, 5.74) is 0.394. The van der Waals surface area contributed by atoms with Crippen LogP contribution < -0.4 is 14.4 Å². The Hall–Kier alpha value is -2.38. The second kappa shape index (κ2) is 3.81. The zero-order valence-electron chi connectivity index (χ0n) is 9.39. The highest BCUT2D eigenvalue weighted by Crippen LogP contribution is 2.42. The Kier molecular flexibility index (Phi) is 2.34. The summed E-state index contributed by atoms with van der Waals surface area (Å²) in [4.78, 5) is 23.7. The molecule has 0 aliphatic carbocycles. The highest BCUT2D eigenvalue weighted by Gasteiger charge is 2.43. The van der Waals surface area contributed by atoms with E-state index in [4.69, 9.17) is 0 Å². The van der Waals surface area contributed by atoms with Crippen LogP contribution in [0.4, 0.5) is 14.5 Å². The molecular formula is C11H7F2NO5. The van der Waals surface area contributed by atoms with E-state index in [1.807, 2.05) is 0 Å². The minimum Gasteiger partial charge on any atom is -0.395 e. The highest BCUT2D eigenvalue weighted by atomic mass is 19.3. The van der Waals surface area contributed by atoms with Gasteiger partial charge in [-0.25, -0.2) is 9.59 Å². The lowest BCUT2D eigenvalue weighted by Crippen LogP contribution is -2.42. The number of alkyl halides is 2. The van der Waals surface area contributed by atoms with E-state index in [1.54, 1.807) is 0 Å². The molecule has 2 aliphatic heterocycles. The molecule has 1 aromatic carbocycles. The first-order valence-corrected chi connectivity index (χ1v) is 5.31. The molecule has 2 heterocycles. The molecule has 8 heteroatoms. The number of anilines is 1. The predicted molar refractivity (Wildman–Crippen MR) is 56.0 cm³/mol. The van der Waals surface area contributed by atoms with Crippen LogP contribution in [0.15, 0.2) is 18.2 Å². The minimum atomic E-state index is -3.70. The lowest BCUT2D eigenvalue weighted by molar-refractivity contribution is -0.286. The number of nitrogens with zero attached hydrogens (tertiary/aromatic N) is 1. The first kappa shape index (κ1) is 11.7. The van der Waals surface area contributed by atoms with Gasteiger partial charge in [-0.05, 0) is 12.1 Å². The topological polar surface area (TPSA) is 65.1 Å². The monoisotopic (exact) mass is 271 g/mol. The number of morpholine rings is 1. The number of ether oxygens (including phenoxy) is 3. The normalized spacial score (nSPS) is 20.4. The molecule has 0 saturated carbocycles. The number of benzene rings is 1.